The molecule has 0 saturated heterocycles. The molecule has 14 heavy (non-hydrogen) atoms. The third-order valence-electron chi connectivity index (χ3n) is 4.27. The van der Waals surface area contributed by atoms with Gasteiger partial charge in [-0.1, -0.05) is 40.5 Å². The van der Waals surface area contributed by atoms with Gasteiger partial charge in [0, 0.05) is 6.04 Å². The molecule has 0 aliphatic heterocycles. The van der Waals surface area contributed by atoms with E-state index in [2.05, 4.69) is 27.7 Å². The highest BCUT2D eigenvalue weighted by Gasteiger charge is 2.35. The van der Waals surface area contributed by atoms with Gasteiger partial charge in [0.05, 0.1) is 0 Å². The Morgan fingerprint density at radius 3 is 2.07 bits per heavy atom. The number of nitrogens with two attached hydrogens (primary N) is 1. The van der Waals surface area contributed by atoms with Crippen molar-refractivity contribution < 1.29 is 0 Å². The predicted molar refractivity (Wildman–Crippen MR) is 63.1 cm³/mol. The summed E-state index contributed by atoms with van der Waals surface area (Å²) >= 11 is 0. The second kappa shape index (κ2) is 5.16. The van der Waals surface area contributed by atoms with Crippen molar-refractivity contribution in [3.8, 4) is 0 Å². The first-order chi connectivity index (χ1) is 6.60. The van der Waals surface area contributed by atoms with Crippen molar-refractivity contribution in [2.45, 2.75) is 59.4 Å². The van der Waals surface area contributed by atoms with Crippen molar-refractivity contribution in [2.75, 3.05) is 0 Å². The molecule has 0 aromatic rings. The Hall–Kier alpha value is -0.0400. The minimum Gasteiger partial charge on any atom is -0.327 e. The average Bonchev–Trinajstić information content (AvgIpc) is 2.47. The van der Waals surface area contributed by atoms with Crippen LogP contribution in [0.2, 0.25) is 0 Å². The van der Waals surface area contributed by atoms with Gasteiger partial charge in [0.2, 0.25) is 0 Å². The summed E-state index contributed by atoms with van der Waals surface area (Å²) in [6.07, 6.45) is 5.24. The standard InChI is InChI=1S/C13H27N/c1-5-11(6-2)13(14)12-8-9(3)7-10(12)4/h9-13H,5-8,14H2,1-4H3/t9-,10+,12+,13?/m0/s1. The van der Waals surface area contributed by atoms with Crippen molar-refractivity contribution in [3.05, 3.63) is 0 Å². The summed E-state index contributed by atoms with van der Waals surface area (Å²) < 4.78 is 0. The summed E-state index contributed by atoms with van der Waals surface area (Å²) in [5, 5.41) is 0. The smallest absolute Gasteiger partial charge is 0.00980 e. The second-order valence-electron chi connectivity index (χ2n) is 5.37. The van der Waals surface area contributed by atoms with Crippen LogP contribution < -0.4 is 5.73 Å². The van der Waals surface area contributed by atoms with Crippen molar-refractivity contribution in [2.24, 2.45) is 29.4 Å². The van der Waals surface area contributed by atoms with E-state index in [9.17, 15) is 0 Å². The highest BCUT2D eigenvalue weighted by molar-refractivity contribution is 4.88. The van der Waals surface area contributed by atoms with E-state index >= 15 is 0 Å². The Bertz CT molecular complexity index is 163. The Morgan fingerprint density at radius 2 is 1.71 bits per heavy atom. The molecule has 0 heterocycles. The number of hydrogen-bond donors (Lipinski definition) is 1. The fourth-order valence-electron chi connectivity index (χ4n) is 3.32. The van der Waals surface area contributed by atoms with Crippen LogP contribution >= 0.6 is 0 Å². The monoisotopic (exact) mass is 197 g/mol. The molecule has 0 bridgehead atoms. The quantitative estimate of drug-likeness (QED) is 0.734. The Labute approximate surface area is 89.5 Å². The van der Waals surface area contributed by atoms with E-state index in [1.807, 2.05) is 0 Å². The van der Waals surface area contributed by atoms with Gasteiger partial charge in [0.15, 0.2) is 0 Å². The molecular weight excluding hydrogens is 170 g/mol. The molecule has 0 aromatic carbocycles. The lowest BCUT2D eigenvalue weighted by Gasteiger charge is -2.29. The van der Waals surface area contributed by atoms with Crippen LogP contribution in [0.1, 0.15) is 53.4 Å². The molecule has 1 aliphatic carbocycles. The first-order valence-corrected chi connectivity index (χ1v) is 6.35. The van der Waals surface area contributed by atoms with Crippen molar-refractivity contribution >= 4 is 0 Å². The van der Waals surface area contributed by atoms with Gasteiger partial charge in [-0.2, -0.15) is 0 Å². The summed E-state index contributed by atoms with van der Waals surface area (Å²) in [6.45, 7) is 9.31. The molecule has 1 aliphatic rings. The highest BCUT2D eigenvalue weighted by atomic mass is 14.7. The second-order valence-corrected chi connectivity index (χ2v) is 5.37. The van der Waals surface area contributed by atoms with Crippen LogP contribution in [0.4, 0.5) is 0 Å². The maximum atomic E-state index is 6.40. The molecule has 1 nitrogen and oxygen atoms in total. The lowest BCUT2D eigenvalue weighted by atomic mass is 9.81. The lowest BCUT2D eigenvalue weighted by molar-refractivity contribution is 0.252. The van der Waals surface area contributed by atoms with Crippen LogP contribution in [0.5, 0.6) is 0 Å². The van der Waals surface area contributed by atoms with Gasteiger partial charge in [-0.3, -0.25) is 0 Å². The van der Waals surface area contributed by atoms with Gasteiger partial charge >= 0.3 is 0 Å². The van der Waals surface area contributed by atoms with E-state index in [1.165, 1.54) is 25.7 Å². The van der Waals surface area contributed by atoms with Crippen molar-refractivity contribution in [1.29, 1.82) is 0 Å². The molecule has 0 radical (unpaired) electrons. The van der Waals surface area contributed by atoms with Crippen LogP contribution in [0.15, 0.2) is 0 Å². The SMILES string of the molecule is CCC(CC)C(N)[C@@H]1C[C@@H](C)C[C@H]1C. The number of hydrogen-bond acceptors (Lipinski definition) is 1. The lowest BCUT2D eigenvalue weighted by Crippen LogP contribution is -2.38. The van der Waals surface area contributed by atoms with Crippen molar-refractivity contribution in [1.82, 2.24) is 0 Å². The summed E-state index contributed by atoms with van der Waals surface area (Å²) in [4.78, 5) is 0. The van der Waals surface area contributed by atoms with E-state index in [0.29, 0.717) is 6.04 Å². The van der Waals surface area contributed by atoms with Crippen LogP contribution in [0, 0.1) is 23.7 Å². The van der Waals surface area contributed by atoms with Crippen LogP contribution in [-0.2, 0) is 0 Å². The van der Waals surface area contributed by atoms with Gasteiger partial charge in [-0.15, -0.1) is 0 Å². The zero-order valence-electron chi connectivity index (χ0n) is 10.3. The fraction of sp³-hybridized carbons (Fsp3) is 1.00. The fourth-order valence-corrected chi connectivity index (χ4v) is 3.32. The molecule has 1 unspecified atom stereocenters. The van der Waals surface area contributed by atoms with E-state index in [-0.39, 0.29) is 0 Å². The van der Waals surface area contributed by atoms with Gasteiger partial charge < -0.3 is 5.73 Å². The molecule has 0 amide bonds. The Kier molecular flexibility index (Phi) is 4.43. The average molecular weight is 197 g/mol. The third kappa shape index (κ3) is 2.50. The normalized spacial score (nSPS) is 35.1. The number of rotatable bonds is 4. The summed E-state index contributed by atoms with van der Waals surface area (Å²) in [5.41, 5.74) is 6.40. The molecule has 4 atom stereocenters. The molecule has 0 aromatic heterocycles. The van der Waals surface area contributed by atoms with E-state index in [1.54, 1.807) is 0 Å². The van der Waals surface area contributed by atoms with Crippen LogP contribution in [0.25, 0.3) is 0 Å². The Morgan fingerprint density at radius 1 is 1.14 bits per heavy atom. The third-order valence-corrected chi connectivity index (χ3v) is 4.27. The molecule has 0 spiro atoms. The molecule has 84 valence electrons. The van der Waals surface area contributed by atoms with E-state index < -0.39 is 0 Å². The van der Waals surface area contributed by atoms with Gasteiger partial charge in [-0.05, 0) is 36.5 Å². The van der Waals surface area contributed by atoms with Crippen LogP contribution in [-0.4, -0.2) is 6.04 Å². The minimum atomic E-state index is 0.449. The zero-order valence-corrected chi connectivity index (χ0v) is 10.3. The van der Waals surface area contributed by atoms with Crippen LogP contribution in [0.3, 0.4) is 0 Å². The van der Waals surface area contributed by atoms with Gasteiger partial charge in [-0.25, -0.2) is 0 Å². The predicted octanol–water partition coefficient (Wildman–Crippen LogP) is 3.43. The molecule has 2 N–H and O–H groups in total. The Balaban J connectivity index is 2.55. The minimum absolute atomic E-state index is 0.449. The summed E-state index contributed by atoms with van der Waals surface area (Å²) in [6, 6.07) is 0.449. The molecule has 1 rings (SSSR count). The topological polar surface area (TPSA) is 26.0 Å². The summed E-state index contributed by atoms with van der Waals surface area (Å²) in [5.74, 6) is 3.28. The maximum Gasteiger partial charge on any atom is 0.00980 e. The van der Waals surface area contributed by atoms with Gasteiger partial charge in [0.1, 0.15) is 0 Å². The first-order valence-electron chi connectivity index (χ1n) is 6.35. The van der Waals surface area contributed by atoms with E-state index in [4.69, 9.17) is 5.73 Å². The first kappa shape index (κ1) is 12.0. The molecule has 1 fully saturated rings. The largest absolute Gasteiger partial charge is 0.327 e. The molecule has 1 saturated carbocycles. The zero-order chi connectivity index (χ0) is 10.7. The molecule has 1 heteroatoms. The van der Waals surface area contributed by atoms with Gasteiger partial charge in [0.25, 0.3) is 0 Å². The molecular formula is C13H27N. The van der Waals surface area contributed by atoms with E-state index in [0.717, 1.165) is 23.7 Å². The van der Waals surface area contributed by atoms with Crippen molar-refractivity contribution in [3.63, 3.8) is 0 Å². The summed E-state index contributed by atoms with van der Waals surface area (Å²) in [7, 11) is 0. The highest BCUT2D eigenvalue weighted by Crippen LogP contribution is 2.39. The maximum absolute atomic E-state index is 6.40.